The Morgan fingerprint density at radius 1 is 1.40 bits per heavy atom. The fourth-order valence-corrected chi connectivity index (χ4v) is 1.30. The Hall–Kier alpha value is -0.610. The van der Waals surface area contributed by atoms with E-state index in [-0.39, 0.29) is 18.1 Å². The van der Waals surface area contributed by atoms with Crippen molar-refractivity contribution in [2.45, 2.75) is 52.2 Å². The minimum Gasteiger partial charge on any atom is -0.392 e. The number of carbonyl (C=O) groups excluding carboxylic acids is 1. The molecule has 90 valence electrons. The van der Waals surface area contributed by atoms with Crippen molar-refractivity contribution in [2.75, 3.05) is 13.1 Å². The first-order valence-electron chi connectivity index (χ1n) is 5.74. The number of hydrogen-bond donors (Lipinski definition) is 3. The van der Waals surface area contributed by atoms with Crippen LogP contribution >= 0.6 is 0 Å². The van der Waals surface area contributed by atoms with E-state index in [4.69, 9.17) is 0 Å². The zero-order valence-electron chi connectivity index (χ0n) is 10.0. The van der Waals surface area contributed by atoms with Gasteiger partial charge in [0.05, 0.1) is 6.10 Å². The van der Waals surface area contributed by atoms with Crippen LogP contribution in [-0.4, -0.2) is 36.2 Å². The summed E-state index contributed by atoms with van der Waals surface area (Å²) in [6, 6.07) is 0.197. The smallest absolute Gasteiger partial charge is 0.221 e. The van der Waals surface area contributed by atoms with E-state index in [1.54, 1.807) is 0 Å². The predicted molar refractivity (Wildman–Crippen MR) is 61.7 cm³/mol. The van der Waals surface area contributed by atoms with E-state index < -0.39 is 0 Å². The Labute approximate surface area is 92.4 Å². The molecule has 0 heterocycles. The lowest BCUT2D eigenvalue weighted by molar-refractivity contribution is -0.121. The summed E-state index contributed by atoms with van der Waals surface area (Å²) in [4.78, 5) is 11.2. The van der Waals surface area contributed by atoms with Crippen LogP contribution in [0.2, 0.25) is 0 Å². The molecule has 0 aliphatic carbocycles. The lowest BCUT2D eigenvalue weighted by Gasteiger charge is -2.11. The standard InChI is InChI=1S/C11H24N2O2/c1-4-5-10(14)8-12-7-6-11(15)13-9(2)3/h9-10,12,14H,4-8H2,1-3H3,(H,13,15). The van der Waals surface area contributed by atoms with Crippen molar-refractivity contribution in [1.29, 1.82) is 0 Å². The molecule has 0 aliphatic rings. The number of rotatable bonds is 8. The van der Waals surface area contributed by atoms with Crippen LogP contribution in [0.25, 0.3) is 0 Å². The highest BCUT2D eigenvalue weighted by Gasteiger charge is 2.04. The lowest BCUT2D eigenvalue weighted by Crippen LogP contribution is -2.34. The summed E-state index contributed by atoms with van der Waals surface area (Å²) < 4.78 is 0. The zero-order chi connectivity index (χ0) is 11.7. The van der Waals surface area contributed by atoms with Crippen molar-refractivity contribution in [1.82, 2.24) is 10.6 Å². The van der Waals surface area contributed by atoms with Crippen LogP contribution in [0.4, 0.5) is 0 Å². The molecule has 1 atom stereocenters. The first-order valence-corrected chi connectivity index (χ1v) is 5.74. The van der Waals surface area contributed by atoms with Crippen LogP contribution in [-0.2, 0) is 4.79 Å². The number of aliphatic hydroxyl groups excluding tert-OH is 1. The zero-order valence-corrected chi connectivity index (χ0v) is 10.0. The van der Waals surface area contributed by atoms with Crippen LogP contribution in [0.15, 0.2) is 0 Å². The Morgan fingerprint density at radius 2 is 2.07 bits per heavy atom. The Kier molecular flexibility index (Phi) is 8.33. The molecule has 3 N–H and O–H groups in total. The van der Waals surface area contributed by atoms with Crippen molar-refractivity contribution < 1.29 is 9.90 Å². The van der Waals surface area contributed by atoms with E-state index in [1.165, 1.54) is 0 Å². The van der Waals surface area contributed by atoms with Gasteiger partial charge >= 0.3 is 0 Å². The van der Waals surface area contributed by atoms with Gasteiger partial charge in [-0.25, -0.2) is 0 Å². The first kappa shape index (κ1) is 14.4. The fourth-order valence-electron chi connectivity index (χ4n) is 1.30. The molecule has 0 fully saturated rings. The maximum atomic E-state index is 11.2. The maximum Gasteiger partial charge on any atom is 0.221 e. The van der Waals surface area contributed by atoms with Crippen molar-refractivity contribution in [2.24, 2.45) is 0 Å². The summed E-state index contributed by atoms with van der Waals surface area (Å²) in [6.45, 7) is 7.12. The monoisotopic (exact) mass is 216 g/mol. The van der Waals surface area contributed by atoms with Crippen LogP contribution in [0.1, 0.15) is 40.0 Å². The highest BCUT2D eigenvalue weighted by atomic mass is 16.3. The second-order valence-electron chi connectivity index (χ2n) is 4.12. The van der Waals surface area contributed by atoms with E-state index in [0.29, 0.717) is 19.5 Å². The molecular formula is C11H24N2O2. The Bertz CT molecular complexity index is 172. The number of hydrogen-bond acceptors (Lipinski definition) is 3. The van der Waals surface area contributed by atoms with Crippen LogP contribution in [0.3, 0.4) is 0 Å². The van der Waals surface area contributed by atoms with Crippen molar-refractivity contribution in [3.63, 3.8) is 0 Å². The van der Waals surface area contributed by atoms with Crippen molar-refractivity contribution in [3.8, 4) is 0 Å². The van der Waals surface area contributed by atoms with Gasteiger partial charge < -0.3 is 15.7 Å². The summed E-state index contributed by atoms with van der Waals surface area (Å²) in [6.07, 6.45) is 1.97. The normalized spacial score (nSPS) is 12.9. The third-order valence-electron chi connectivity index (χ3n) is 1.98. The summed E-state index contributed by atoms with van der Waals surface area (Å²) in [7, 11) is 0. The number of amides is 1. The molecule has 0 spiro atoms. The quantitative estimate of drug-likeness (QED) is 0.522. The fraction of sp³-hybridized carbons (Fsp3) is 0.909. The first-order chi connectivity index (χ1) is 7.06. The third kappa shape index (κ3) is 9.69. The van der Waals surface area contributed by atoms with Gasteiger partial charge in [-0.2, -0.15) is 0 Å². The van der Waals surface area contributed by atoms with Gasteiger partial charge in [0.1, 0.15) is 0 Å². The molecule has 0 saturated heterocycles. The maximum absolute atomic E-state index is 11.2. The van der Waals surface area contributed by atoms with Gasteiger partial charge in [-0.3, -0.25) is 4.79 Å². The minimum absolute atomic E-state index is 0.0579. The molecule has 0 aliphatic heterocycles. The predicted octanol–water partition coefficient (Wildman–Crippen LogP) is 0.652. The van der Waals surface area contributed by atoms with Gasteiger partial charge in [-0.1, -0.05) is 13.3 Å². The number of aliphatic hydroxyl groups is 1. The molecule has 0 radical (unpaired) electrons. The Morgan fingerprint density at radius 3 is 2.60 bits per heavy atom. The molecule has 4 heteroatoms. The van der Waals surface area contributed by atoms with E-state index in [0.717, 1.165) is 12.8 Å². The average Bonchev–Trinajstić information content (AvgIpc) is 2.12. The number of carbonyl (C=O) groups is 1. The van der Waals surface area contributed by atoms with E-state index in [9.17, 15) is 9.90 Å². The number of nitrogens with one attached hydrogen (secondary N) is 2. The highest BCUT2D eigenvalue weighted by Crippen LogP contribution is 1.93. The molecule has 0 bridgehead atoms. The highest BCUT2D eigenvalue weighted by molar-refractivity contribution is 5.76. The van der Waals surface area contributed by atoms with E-state index >= 15 is 0 Å². The van der Waals surface area contributed by atoms with Crippen molar-refractivity contribution in [3.05, 3.63) is 0 Å². The van der Waals surface area contributed by atoms with Crippen LogP contribution in [0.5, 0.6) is 0 Å². The molecule has 15 heavy (non-hydrogen) atoms. The van der Waals surface area contributed by atoms with E-state index in [1.807, 2.05) is 20.8 Å². The summed E-state index contributed by atoms with van der Waals surface area (Å²) >= 11 is 0. The Balaban J connectivity index is 3.34. The molecule has 0 aromatic carbocycles. The third-order valence-corrected chi connectivity index (χ3v) is 1.98. The van der Waals surface area contributed by atoms with E-state index in [2.05, 4.69) is 10.6 Å². The van der Waals surface area contributed by atoms with Gasteiger partial charge in [-0.05, 0) is 20.3 Å². The summed E-state index contributed by atoms with van der Waals surface area (Å²) in [5, 5.41) is 15.3. The van der Waals surface area contributed by atoms with Crippen molar-refractivity contribution >= 4 is 5.91 Å². The molecule has 0 aromatic heterocycles. The SMILES string of the molecule is CCCC(O)CNCCC(=O)NC(C)C. The molecular weight excluding hydrogens is 192 g/mol. The largest absolute Gasteiger partial charge is 0.392 e. The molecule has 1 unspecified atom stereocenters. The van der Waals surface area contributed by atoms with Gasteiger partial charge in [0, 0.05) is 25.6 Å². The molecule has 1 amide bonds. The molecule has 0 aromatic rings. The second-order valence-corrected chi connectivity index (χ2v) is 4.12. The van der Waals surface area contributed by atoms with Crippen LogP contribution in [0, 0.1) is 0 Å². The van der Waals surface area contributed by atoms with Gasteiger partial charge in [0.2, 0.25) is 5.91 Å². The topological polar surface area (TPSA) is 61.4 Å². The second kappa shape index (κ2) is 8.68. The molecule has 4 nitrogen and oxygen atoms in total. The molecule has 0 rings (SSSR count). The molecule has 0 saturated carbocycles. The van der Waals surface area contributed by atoms with Crippen LogP contribution < -0.4 is 10.6 Å². The summed E-state index contributed by atoms with van der Waals surface area (Å²) in [5.41, 5.74) is 0. The lowest BCUT2D eigenvalue weighted by atomic mass is 10.2. The van der Waals surface area contributed by atoms with Gasteiger partial charge in [0.15, 0.2) is 0 Å². The summed E-state index contributed by atoms with van der Waals surface area (Å²) in [5.74, 6) is 0.0579. The van der Waals surface area contributed by atoms with Gasteiger partial charge in [-0.15, -0.1) is 0 Å². The van der Waals surface area contributed by atoms with Gasteiger partial charge in [0.25, 0.3) is 0 Å². The minimum atomic E-state index is -0.289. The average molecular weight is 216 g/mol.